The molecule has 4 nitrogen and oxygen atoms in total. The second-order valence-electron chi connectivity index (χ2n) is 5.00. The van der Waals surface area contributed by atoms with Gasteiger partial charge in [0.2, 0.25) is 0 Å². The number of carbonyl (C=O) groups excluding carboxylic acids is 1. The van der Waals surface area contributed by atoms with Gasteiger partial charge in [0.15, 0.2) is 4.32 Å². The van der Waals surface area contributed by atoms with Crippen molar-refractivity contribution in [3.05, 3.63) is 68.5 Å². The number of benzene rings is 2. The summed E-state index contributed by atoms with van der Waals surface area (Å²) in [5.41, 5.74) is 1.18. The summed E-state index contributed by atoms with van der Waals surface area (Å²) < 4.78 is 0.350. The number of thioether (sulfide) groups is 1. The number of rotatable bonds is 3. The van der Waals surface area contributed by atoms with Crippen molar-refractivity contribution in [2.45, 2.75) is 0 Å². The summed E-state index contributed by atoms with van der Waals surface area (Å²) in [6, 6.07) is 11.0. The Morgan fingerprint density at radius 3 is 2.28 bits per heavy atom. The summed E-state index contributed by atoms with van der Waals surface area (Å²) in [5.74, 6) is -1.35. The van der Waals surface area contributed by atoms with E-state index in [1.807, 2.05) is 0 Å². The molecule has 2 aromatic carbocycles. The summed E-state index contributed by atoms with van der Waals surface area (Å²) in [5, 5.41) is 9.83. The molecule has 0 aliphatic carbocycles. The maximum Gasteiger partial charge on any atom is 0.335 e. The van der Waals surface area contributed by atoms with Gasteiger partial charge in [-0.25, -0.2) is 4.79 Å². The number of carboxylic acid groups (broad SMARTS) is 1. The van der Waals surface area contributed by atoms with Crippen LogP contribution in [0.15, 0.2) is 47.4 Å². The van der Waals surface area contributed by atoms with Gasteiger partial charge in [-0.2, -0.15) is 0 Å². The fraction of sp³-hybridized carbons (Fsp3) is 0. The molecule has 0 unspecified atom stereocenters. The molecule has 25 heavy (non-hydrogen) atoms. The quantitative estimate of drug-likeness (QED) is 0.564. The zero-order valence-electron chi connectivity index (χ0n) is 12.4. The standard InChI is InChI=1S/C17H9Cl2NO3S2/c18-12-2-1-3-13(19)11(12)8-14-15(21)20(17(24)25-14)10-6-4-9(5-7-10)16(22)23/h1-8H,(H,22,23)/b14-8-. The average Bonchev–Trinajstić information content (AvgIpc) is 2.85. The predicted molar refractivity (Wildman–Crippen MR) is 106 cm³/mol. The van der Waals surface area contributed by atoms with Gasteiger partial charge < -0.3 is 5.11 Å². The minimum absolute atomic E-state index is 0.132. The Hall–Kier alpha value is -1.86. The molecule has 1 aliphatic rings. The molecule has 0 spiro atoms. The molecule has 3 rings (SSSR count). The van der Waals surface area contributed by atoms with Crippen molar-refractivity contribution in [1.29, 1.82) is 0 Å². The summed E-state index contributed by atoms with van der Waals surface area (Å²) in [6.45, 7) is 0. The Bertz CT molecular complexity index is 906. The second kappa shape index (κ2) is 7.17. The lowest BCUT2D eigenvalue weighted by Gasteiger charge is -2.14. The van der Waals surface area contributed by atoms with E-state index in [1.54, 1.807) is 36.4 Å². The Kier molecular flexibility index (Phi) is 5.15. The second-order valence-corrected chi connectivity index (χ2v) is 7.49. The molecule has 1 amide bonds. The fourth-order valence-corrected chi connectivity index (χ4v) is 4.01. The number of nitrogens with zero attached hydrogens (tertiary/aromatic N) is 1. The van der Waals surface area contributed by atoms with Crippen LogP contribution in [0.4, 0.5) is 5.69 Å². The van der Waals surface area contributed by atoms with Crippen LogP contribution in [0.3, 0.4) is 0 Å². The largest absolute Gasteiger partial charge is 0.478 e. The molecule has 1 fully saturated rings. The highest BCUT2D eigenvalue weighted by atomic mass is 35.5. The van der Waals surface area contributed by atoms with Crippen LogP contribution in [0.2, 0.25) is 10.0 Å². The highest BCUT2D eigenvalue weighted by Gasteiger charge is 2.33. The third-order valence-electron chi connectivity index (χ3n) is 3.44. The number of amides is 1. The number of anilines is 1. The summed E-state index contributed by atoms with van der Waals surface area (Å²) in [4.78, 5) is 25.4. The van der Waals surface area contributed by atoms with Gasteiger partial charge in [-0.3, -0.25) is 9.69 Å². The van der Waals surface area contributed by atoms with Crippen molar-refractivity contribution in [3.63, 3.8) is 0 Å². The van der Waals surface area contributed by atoms with Gasteiger partial charge >= 0.3 is 5.97 Å². The van der Waals surface area contributed by atoms with Crippen LogP contribution < -0.4 is 4.90 Å². The molecule has 0 atom stereocenters. The van der Waals surface area contributed by atoms with Gasteiger partial charge in [0.1, 0.15) is 0 Å². The van der Waals surface area contributed by atoms with Crippen LogP contribution in [-0.4, -0.2) is 21.3 Å². The normalized spacial score (nSPS) is 15.9. The first-order chi connectivity index (χ1) is 11.9. The van der Waals surface area contributed by atoms with E-state index in [1.165, 1.54) is 17.0 Å². The Morgan fingerprint density at radius 1 is 1.12 bits per heavy atom. The molecule has 2 aromatic rings. The van der Waals surface area contributed by atoms with Crippen molar-refractivity contribution >= 4 is 75.1 Å². The van der Waals surface area contributed by atoms with Crippen LogP contribution in [0, 0.1) is 0 Å². The first-order valence-corrected chi connectivity index (χ1v) is 8.92. The van der Waals surface area contributed by atoms with E-state index < -0.39 is 5.97 Å². The Labute approximate surface area is 163 Å². The van der Waals surface area contributed by atoms with Gasteiger partial charge in [0.05, 0.1) is 16.2 Å². The first kappa shape index (κ1) is 17.9. The van der Waals surface area contributed by atoms with E-state index in [2.05, 4.69) is 0 Å². The van der Waals surface area contributed by atoms with E-state index in [0.717, 1.165) is 11.8 Å². The maximum absolute atomic E-state index is 12.7. The maximum atomic E-state index is 12.7. The van der Waals surface area contributed by atoms with Crippen LogP contribution in [0.25, 0.3) is 6.08 Å². The van der Waals surface area contributed by atoms with Crippen molar-refractivity contribution in [3.8, 4) is 0 Å². The summed E-state index contributed by atoms with van der Waals surface area (Å²) >= 11 is 18.7. The third-order valence-corrected chi connectivity index (χ3v) is 5.40. The van der Waals surface area contributed by atoms with Crippen LogP contribution in [0.5, 0.6) is 0 Å². The summed E-state index contributed by atoms with van der Waals surface area (Å²) in [7, 11) is 0. The van der Waals surface area contributed by atoms with Gasteiger partial charge in [0.25, 0.3) is 5.91 Å². The lowest BCUT2D eigenvalue weighted by molar-refractivity contribution is -0.113. The van der Waals surface area contributed by atoms with Crippen molar-refractivity contribution in [2.24, 2.45) is 0 Å². The van der Waals surface area contributed by atoms with Crippen LogP contribution in [-0.2, 0) is 4.79 Å². The van der Waals surface area contributed by atoms with Gasteiger partial charge in [-0.05, 0) is 42.5 Å². The molecule has 0 saturated carbocycles. The molecule has 1 heterocycles. The van der Waals surface area contributed by atoms with Crippen molar-refractivity contribution < 1.29 is 14.7 Å². The van der Waals surface area contributed by atoms with Gasteiger partial charge in [-0.15, -0.1) is 0 Å². The number of thiocarbonyl (C=S) groups is 1. The van der Waals surface area contributed by atoms with Gasteiger partial charge in [0, 0.05) is 15.6 Å². The van der Waals surface area contributed by atoms with E-state index in [9.17, 15) is 9.59 Å². The molecule has 1 saturated heterocycles. The van der Waals surface area contributed by atoms with Crippen molar-refractivity contribution in [1.82, 2.24) is 0 Å². The summed E-state index contributed by atoms with van der Waals surface area (Å²) in [6.07, 6.45) is 1.61. The number of hydrogen-bond donors (Lipinski definition) is 1. The van der Waals surface area contributed by atoms with Gasteiger partial charge in [-0.1, -0.05) is 53.2 Å². The molecule has 0 bridgehead atoms. The Morgan fingerprint density at radius 2 is 1.72 bits per heavy atom. The number of hydrogen-bond acceptors (Lipinski definition) is 4. The van der Waals surface area contributed by atoms with E-state index >= 15 is 0 Å². The van der Waals surface area contributed by atoms with Crippen molar-refractivity contribution in [2.75, 3.05) is 4.90 Å². The van der Waals surface area contributed by atoms with E-state index in [0.29, 0.717) is 30.5 Å². The minimum Gasteiger partial charge on any atom is -0.478 e. The molecule has 0 aromatic heterocycles. The zero-order chi connectivity index (χ0) is 18.1. The number of carboxylic acids is 1. The lowest BCUT2D eigenvalue weighted by atomic mass is 10.2. The lowest BCUT2D eigenvalue weighted by Crippen LogP contribution is -2.27. The molecule has 8 heteroatoms. The third kappa shape index (κ3) is 3.57. The van der Waals surface area contributed by atoms with E-state index in [4.69, 9.17) is 40.5 Å². The molecule has 0 radical (unpaired) electrons. The first-order valence-electron chi connectivity index (χ1n) is 6.94. The SMILES string of the molecule is O=C(O)c1ccc(N2C(=O)/C(=C/c3c(Cl)cccc3Cl)SC2=S)cc1. The molecule has 1 N–H and O–H groups in total. The van der Waals surface area contributed by atoms with Crippen LogP contribution >= 0.6 is 47.2 Å². The molecule has 126 valence electrons. The highest BCUT2D eigenvalue weighted by molar-refractivity contribution is 8.27. The highest BCUT2D eigenvalue weighted by Crippen LogP contribution is 2.38. The molecular weight excluding hydrogens is 401 g/mol. The predicted octanol–water partition coefficient (Wildman–Crippen LogP) is 5.10. The average molecular weight is 410 g/mol. The molecule has 1 aliphatic heterocycles. The monoisotopic (exact) mass is 409 g/mol. The number of aromatic carboxylic acids is 1. The smallest absolute Gasteiger partial charge is 0.335 e. The Balaban J connectivity index is 1.95. The minimum atomic E-state index is -1.04. The van der Waals surface area contributed by atoms with Crippen LogP contribution in [0.1, 0.15) is 15.9 Å². The van der Waals surface area contributed by atoms with E-state index in [-0.39, 0.29) is 11.5 Å². The number of carbonyl (C=O) groups is 2. The fourth-order valence-electron chi connectivity index (χ4n) is 2.22. The number of halogens is 2. The molecular formula is C17H9Cl2NO3S2. The topological polar surface area (TPSA) is 57.6 Å². The zero-order valence-corrected chi connectivity index (χ0v) is 15.5.